The average Bonchev–Trinajstić information content (AvgIpc) is 3.23. The normalized spacial score (nSPS) is 14.9. The van der Waals surface area contributed by atoms with Crippen LogP contribution in [0.15, 0.2) is 57.9 Å². The lowest BCUT2D eigenvalue weighted by atomic mass is 10.2. The molecule has 1 saturated heterocycles. The molecule has 0 spiro atoms. The van der Waals surface area contributed by atoms with Crippen LogP contribution in [0.5, 0.6) is 0 Å². The summed E-state index contributed by atoms with van der Waals surface area (Å²) in [6, 6.07) is 13.5. The molecule has 6 nitrogen and oxygen atoms in total. The van der Waals surface area contributed by atoms with E-state index in [1.54, 1.807) is 41.3 Å². The van der Waals surface area contributed by atoms with Crippen LogP contribution in [0, 0.1) is 0 Å². The van der Waals surface area contributed by atoms with E-state index in [1.165, 1.54) is 0 Å². The summed E-state index contributed by atoms with van der Waals surface area (Å²) < 4.78 is 30.2. The van der Waals surface area contributed by atoms with Crippen molar-refractivity contribution in [1.29, 1.82) is 0 Å². The van der Waals surface area contributed by atoms with Crippen molar-refractivity contribution in [3.8, 4) is 11.4 Å². The summed E-state index contributed by atoms with van der Waals surface area (Å²) in [7, 11) is 0. The number of carbonyl (C=O) groups is 1. The Morgan fingerprint density at radius 1 is 1.06 bits per heavy atom. The molecule has 1 fully saturated rings. The van der Waals surface area contributed by atoms with Crippen LogP contribution in [0.25, 0.3) is 11.4 Å². The van der Waals surface area contributed by atoms with Crippen molar-refractivity contribution in [1.82, 2.24) is 19.9 Å². The maximum atomic E-state index is 12.7. The number of hydrogen-bond donors (Lipinski definition) is 0. The zero-order valence-electron chi connectivity index (χ0n) is 16.4. The van der Waals surface area contributed by atoms with Gasteiger partial charge in [-0.25, -0.2) is 0 Å². The van der Waals surface area contributed by atoms with Crippen molar-refractivity contribution in [3.63, 3.8) is 0 Å². The third-order valence-electron chi connectivity index (χ3n) is 4.92. The first kappa shape index (κ1) is 21.7. The van der Waals surface area contributed by atoms with Crippen molar-refractivity contribution in [3.05, 3.63) is 65.0 Å². The number of thioether (sulfide) groups is 1. The molecular formula is C21H19ClF2N4O2S. The molecule has 162 valence electrons. The standard InChI is InChI=1S/C21H19ClF2N4O2S/c22-16-5-1-14(2-6-16)19-25-18(30-26-19)13-27-9-11-28(12-10-27)20(29)15-3-7-17(8-4-15)31-21(23)24/h1-8,21H,9-13H2. The van der Waals surface area contributed by atoms with Crippen LogP contribution in [-0.2, 0) is 6.54 Å². The molecule has 2 heterocycles. The van der Waals surface area contributed by atoms with Crippen LogP contribution in [0.2, 0.25) is 5.02 Å². The van der Waals surface area contributed by atoms with Crippen molar-refractivity contribution in [2.75, 3.05) is 26.2 Å². The third kappa shape index (κ3) is 5.61. The number of aromatic nitrogens is 2. The number of halogens is 3. The van der Waals surface area contributed by atoms with Gasteiger partial charge in [-0.05, 0) is 48.5 Å². The molecule has 1 aromatic heterocycles. The van der Waals surface area contributed by atoms with Crippen LogP contribution in [0.3, 0.4) is 0 Å². The topological polar surface area (TPSA) is 62.5 Å². The second-order valence-electron chi connectivity index (χ2n) is 6.99. The number of rotatable bonds is 6. The highest BCUT2D eigenvalue weighted by atomic mass is 35.5. The van der Waals surface area contributed by atoms with Crippen molar-refractivity contribution in [2.24, 2.45) is 0 Å². The average molecular weight is 465 g/mol. The van der Waals surface area contributed by atoms with Crippen LogP contribution in [-0.4, -0.2) is 57.8 Å². The maximum Gasteiger partial charge on any atom is 0.288 e. The van der Waals surface area contributed by atoms with Gasteiger partial charge in [-0.15, -0.1) is 0 Å². The second-order valence-corrected chi connectivity index (χ2v) is 8.49. The van der Waals surface area contributed by atoms with Gasteiger partial charge in [0, 0.05) is 47.2 Å². The molecular weight excluding hydrogens is 446 g/mol. The number of amides is 1. The summed E-state index contributed by atoms with van der Waals surface area (Å²) in [5.41, 5.74) is 1.32. The van der Waals surface area contributed by atoms with Crippen LogP contribution >= 0.6 is 23.4 Å². The number of piperazine rings is 1. The Hall–Kier alpha value is -2.49. The Balaban J connectivity index is 1.30. The predicted octanol–water partition coefficient (Wildman–Crippen LogP) is 4.66. The van der Waals surface area contributed by atoms with Crippen molar-refractivity contribution in [2.45, 2.75) is 17.2 Å². The number of nitrogens with zero attached hydrogens (tertiary/aromatic N) is 4. The van der Waals surface area contributed by atoms with Gasteiger partial charge in [0.25, 0.3) is 11.7 Å². The Kier molecular flexibility index (Phi) is 6.84. The first-order valence-electron chi connectivity index (χ1n) is 9.63. The Morgan fingerprint density at radius 3 is 2.39 bits per heavy atom. The van der Waals surface area contributed by atoms with E-state index in [9.17, 15) is 13.6 Å². The van der Waals surface area contributed by atoms with E-state index in [1.807, 2.05) is 12.1 Å². The van der Waals surface area contributed by atoms with E-state index in [2.05, 4.69) is 15.0 Å². The zero-order valence-corrected chi connectivity index (χ0v) is 18.0. The van der Waals surface area contributed by atoms with Crippen molar-refractivity contribution >= 4 is 29.3 Å². The monoisotopic (exact) mass is 464 g/mol. The molecule has 0 aliphatic carbocycles. The van der Waals surface area contributed by atoms with E-state index in [0.29, 0.717) is 71.7 Å². The molecule has 10 heteroatoms. The molecule has 2 aromatic carbocycles. The molecule has 31 heavy (non-hydrogen) atoms. The first-order valence-corrected chi connectivity index (χ1v) is 10.9. The minimum Gasteiger partial charge on any atom is -0.338 e. The molecule has 1 aliphatic heterocycles. The number of carbonyl (C=O) groups excluding carboxylic acids is 1. The minimum absolute atomic E-state index is 0.101. The molecule has 0 unspecified atom stereocenters. The summed E-state index contributed by atoms with van der Waals surface area (Å²) in [5.74, 6) is -1.56. The maximum absolute atomic E-state index is 12.7. The summed E-state index contributed by atoms with van der Waals surface area (Å²) in [6.45, 7) is 2.96. The summed E-state index contributed by atoms with van der Waals surface area (Å²) in [6.07, 6.45) is 0. The number of hydrogen-bond acceptors (Lipinski definition) is 6. The molecule has 0 radical (unpaired) electrons. The molecule has 4 rings (SSSR count). The minimum atomic E-state index is -2.48. The van der Waals surface area contributed by atoms with E-state index in [0.717, 1.165) is 5.56 Å². The Morgan fingerprint density at radius 2 is 1.74 bits per heavy atom. The molecule has 1 amide bonds. The number of alkyl halides is 2. The van der Waals surface area contributed by atoms with Crippen LogP contribution < -0.4 is 0 Å². The lowest BCUT2D eigenvalue weighted by Gasteiger charge is -2.34. The van der Waals surface area contributed by atoms with Gasteiger partial charge >= 0.3 is 0 Å². The lowest BCUT2D eigenvalue weighted by molar-refractivity contribution is 0.0615. The Labute approximate surface area is 187 Å². The molecule has 3 aromatic rings. The molecule has 0 atom stereocenters. The highest BCUT2D eigenvalue weighted by molar-refractivity contribution is 7.99. The van der Waals surface area contributed by atoms with E-state index >= 15 is 0 Å². The molecule has 0 bridgehead atoms. The summed E-state index contributed by atoms with van der Waals surface area (Å²) in [5, 5.41) is 4.66. The predicted molar refractivity (Wildman–Crippen MR) is 114 cm³/mol. The van der Waals surface area contributed by atoms with Gasteiger partial charge in [-0.2, -0.15) is 13.8 Å². The molecule has 1 aliphatic rings. The summed E-state index contributed by atoms with van der Waals surface area (Å²) >= 11 is 6.37. The van der Waals surface area contributed by atoms with Gasteiger partial charge in [-0.3, -0.25) is 9.69 Å². The highest BCUT2D eigenvalue weighted by Crippen LogP contribution is 2.25. The largest absolute Gasteiger partial charge is 0.338 e. The van der Waals surface area contributed by atoms with E-state index in [4.69, 9.17) is 16.1 Å². The first-order chi connectivity index (χ1) is 15.0. The smallest absolute Gasteiger partial charge is 0.288 e. The zero-order chi connectivity index (χ0) is 21.8. The molecule has 0 saturated carbocycles. The van der Waals surface area contributed by atoms with Gasteiger partial charge in [-0.1, -0.05) is 28.5 Å². The fourth-order valence-corrected chi connectivity index (χ4v) is 3.92. The van der Waals surface area contributed by atoms with Crippen LogP contribution in [0.1, 0.15) is 16.2 Å². The fraction of sp³-hybridized carbons (Fsp3) is 0.286. The van der Waals surface area contributed by atoms with Gasteiger partial charge in [0.2, 0.25) is 11.7 Å². The second kappa shape index (κ2) is 9.76. The van der Waals surface area contributed by atoms with Gasteiger partial charge in [0.05, 0.1) is 6.54 Å². The quantitative estimate of drug-likeness (QED) is 0.494. The third-order valence-corrected chi connectivity index (χ3v) is 5.89. The lowest BCUT2D eigenvalue weighted by Crippen LogP contribution is -2.48. The van der Waals surface area contributed by atoms with E-state index in [-0.39, 0.29) is 5.91 Å². The van der Waals surface area contributed by atoms with Crippen molar-refractivity contribution < 1.29 is 18.1 Å². The summed E-state index contributed by atoms with van der Waals surface area (Å²) in [4.78, 5) is 21.5. The van der Waals surface area contributed by atoms with Gasteiger partial charge in [0.1, 0.15) is 0 Å². The highest BCUT2D eigenvalue weighted by Gasteiger charge is 2.23. The van der Waals surface area contributed by atoms with Gasteiger partial charge < -0.3 is 9.42 Å². The Bertz CT molecular complexity index is 1020. The molecule has 0 N–H and O–H groups in total. The number of benzene rings is 2. The van der Waals surface area contributed by atoms with E-state index < -0.39 is 5.76 Å². The fourth-order valence-electron chi connectivity index (χ4n) is 3.30. The SMILES string of the molecule is O=C(c1ccc(SC(F)F)cc1)N1CCN(Cc2nc(-c3ccc(Cl)cc3)no2)CC1. The van der Waals surface area contributed by atoms with Crippen LogP contribution in [0.4, 0.5) is 8.78 Å². The van der Waals surface area contributed by atoms with Gasteiger partial charge in [0.15, 0.2) is 0 Å².